The summed E-state index contributed by atoms with van der Waals surface area (Å²) in [4.78, 5) is 3.46. The second kappa shape index (κ2) is 14.2. The number of hydrogen-bond acceptors (Lipinski definition) is 3. The normalized spacial score (nSPS) is 15.2. The highest BCUT2D eigenvalue weighted by molar-refractivity contribution is 7.80. The summed E-state index contributed by atoms with van der Waals surface area (Å²) in [6, 6.07) is 46.5. The van der Waals surface area contributed by atoms with Crippen molar-refractivity contribution in [1.82, 2.24) is 0 Å². The van der Waals surface area contributed by atoms with Crippen LogP contribution in [-0.4, -0.2) is 6.54 Å². The summed E-state index contributed by atoms with van der Waals surface area (Å²) in [6.07, 6.45) is 11.7. The molecule has 6 aromatic carbocycles. The molecule has 54 heavy (non-hydrogen) atoms. The molecule has 2 bridgehead atoms. The maximum atomic E-state index is 6.13. The van der Waals surface area contributed by atoms with Gasteiger partial charge in [-0.1, -0.05) is 121 Å². The molecule has 1 aliphatic carbocycles. The molecule has 0 unspecified atom stereocenters. The van der Waals surface area contributed by atoms with Crippen LogP contribution < -0.4 is 15.5 Å². The van der Waals surface area contributed by atoms with E-state index in [-0.39, 0.29) is 0 Å². The Hall–Kier alpha value is -5.77. The largest absolute Gasteiger partial charge is 0.457 e. The van der Waals surface area contributed by atoms with E-state index in [2.05, 4.69) is 159 Å². The molecular formula is C51H43NOS. The Morgan fingerprint density at radius 3 is 2.26 bits per heavy atom. The number of para-hydroxylation sites is 1. The number of allylic oxidation sites excluding steroid dienone is 3. The second-order valence-electron chi connectivity index (χ2n) is 14.8. The van der Waals surface area contributed by atoms with Gasteiger partial charge in [0.05, 0.1) is 5.69 Å². The van der Waals surface area contributed by atoms with Gasteiger partial charge >= 0.3 is 0 Å². The molecule has 0 spiro atoms. The minimum absolute atomic E-state index is 0.640. The molecule has 0 amide bonds. The van der Waals surface area contributed by atoms with Gasteiger partial charge in [-0.25, -0.2) is 0 Å². The molecule has 0 radical (unpaired) electrons. The fourth-order valence-electron chi connectivity index (χ4n) is 8.35. The molecule has 264 valence electrons. The monoisotopic (exact) mass is 717 g/mol. The van der Waals surface area contributed by atoms with E-state index in [1.807, 2.05) is 12.1 Å². The summed E-state index contributed by atoms with van der Waals surface area (Å²) < 4.78 is 6.13. The summed E-state index contributed by atoms with van der Waals surface area (Å²) in [5.41, 5.74) is 18.8. The van der Waals surface area contributed by atoms with Gasteiger partial charge in [-0.05, 0) is 126 Å². The zero-order chi connectivity index (χ0) is 36.8. The summed E-state index contributed by atoms with van der Waals surface area (Å²) >= 11 is 4.85. The predicted octanol–water partition coefficient (Wildman–Crippen LogP) is 12.7. The van der Waals surface area contributed by atoms with Crippen LogP contribution in [0.2, 0.25) is 0 Å². The maximum absolute atomic E-state index is 6.13. The van der Waals surface area contributed by atoms with Crippen molar-refractivity contribution in [3.8, 4) is 33.4 Å². The van der Waals surface area contributed by atoms with Crippen LogP contribution in [0.1, 0.15) is 47.9 Å². The van der Waals surface area contributed by atoms with Gasteiger partial charge in [0, 0.05) is 38.9 Å². The van der Waals surface area contributed by atoms with E-state index in [0.29, 0.717) is 12.0 Å². The maximum Gasteiger partial charge on any atom is 0.135 e. The SMILES string of the molecule is C=c1oc2ccccc2/c1=C/C=C1\CN(c2ccc(S)cc2-c2ccccc2)c2cc(C)cc(c2-c2ccc(C)cc2)-c2cc(C3=CCCCC3)ccc21. The predicted molar refractivity (Wildman–Crippen MR) is 233 cm³/mol. The van der Waals surface area contributed by atoms with Gasteiger partial charge in [0.2, 0.25) is 0 Å². The summed E-state index contributed by atoms with van der Waals surface area (Å²) in [5.74, 6) is 0. The third-order valence-electron chi connectivity index (χ3n) is 11.1. The van der Waals surface area contributed by atoms with Crippen LogP contribution in [0.5, 0.6) is 0 Å². The minimum atomic E-state index is 0.640. The number of nitrogens with zero attached hydrogens (tertiary/aromatic N) is 1. The van der Waals surface area contributed by atoms with Gasteiger partial charge in [-0.2, -0.15) is 0 Å². The molecular weight excluding hydrogens is 675 g/mol. The highest BCUT2D eigenvalue weighted by Crippen LogP contribution is 2.50. The molecule has 9 rings (SSSR count). The van der Waals surface area contributed by atoms with Gasteiger partial charge in [-0.15, -0.1) is 12.6 Å². The molecule has 2 aliphatic rings. The molecule has 0 N–H and O–H groups in total. The Morgan fingerprint density at radius 1 is 0.648 bits per heavy atom. The molecule has 0 atom stereocenters. The Labute approximate surface area is 323 Å². The van der Waals surface area contributed by atoms with Gasteiger partial charge < -0.3 is 9.32 Å². The number of fused-ring (bicyclic) bond motifs is 5. The zero-order valence-corrected chi connectivity index (χ0v) is 31.8. The van der Waals surface area contributed by atoms with Crippen LogP contribution in [0.3, 0.4) is 0 Å². The van der Waals surface area contributed by atoms with Crippen LogP contribution in [0.15, 0.2) is 149 Å². The molecule has 0 saturated carbocycles. The van der Waals surface area contributed by atoms with Crippen molar-refractivity contribution in [3.05, 3.63) is 172 Å². The van der Waals surface area contributed by atoms with Crippen molar-refractivity contribution < 1.29 is 4.42 Å². The van der Waals surface area contributed by atoms with Crippen molar-refractivity contribution in [2.75, 3.05) is 11.4 Å². The van der Waals surface area contributed by atoms with E-state index < -0.39 is 0 Å². The van der Waals surface area contributed by atoms with Crippen LogP contribution in [-0.2, 0) is 0 Å². The van der Waals surface area contributed by atoms with Crippen LogP contribution in [0, 0.1) is 13.8 Å². The Morgan fingerprint density at radius 2 is 1.44 bits per heavy atom. The van der Waals surface area contributed by atoms with E-state index in [1.165, 1.54) is 74.2 Å². The lowest BCUT2D eigenvalue weighted by molar-refractivity contribution is 0.577. The standard InChI is InChI=1S/C51H43NOS/c1-33-18-20-38(21-19-33)51-47-28-34(2)29-49(51)52(48-27-24-41(54)31-45(48)37-14-8-5-9-15-37)32-40(23-25-42-35(3)53-50-17-11-10-16-44(42)50)43-26-22-39(30-46(43)47)36-12-6-4-7-13-36/h5,8-12,14-31,54H,3-4,6-7,13,32H2,1-2H3/b40-23+,42-25+. The number of anilines is 2. The van der Waals surface area contributed by atoms with E-state index in [4.69, 9.17) is 17.0 Å². The first kappa shape index (κ1) is 34.0. The lowest BCUT2D eigenvalue weighted by Gasteiger charge is -2.35. The van der Waals surface area contributed by atoms with Crippen molar-refractivity contribution in [2.24, 2.45) is 0 Å². The van der Waals surface area contributed by atoms with Crippen molar-refractivity contribution in [2.45, 2.75) is 44.4 Å². The fraction of sp³-hybridized carbons (Fsp3) is 0.137. The van der Waals surface area contributed by atoms with Crippen molar-refractivity contribution in [1.29, 1.82) is 0 Å². The van der Waals surface area contributed by atoms with Gasteiger partial charge in [0.1, 0.15) is 11.0 Å². The van der Waals surface area contributed by atoms with E-state index in [1.54, 1.807) is 0 Å². The van der Waals surface area contributed by atoms with Crippen molar-refractivity contribution >= 4 is 58.8 Å². The van der Waals surface area contributed by atoms with Crippen LogP contribution in [0.25, 0.3) is 68.2 Å². The Bertz CT molecular complexity index is 2730. The first-order valence-corrected chi connectivity index (χ1v) is 19.5. The smallest absolute Gasteiger partial charge is 0.135 e. The number of hydrogen-bond donors (Lipinski definition) is 1. The molecule has 1 aliphatic heterocycles. The molecule has 3 heteroatoms. The Kier molecular flexibility index (Phi) is 8.97. The summed E-state index contributed by atoms with van der Waals surface area (Å²) in [6.45, 7) is 9.34. The molecule has 1 aromatic heterocycles. The van der Waals surface area contributed by atoms with Gasteiger partial charge in [-0.3, -0.25) is 0 Å². The molecule has 0 saturated heterocycles. The molecule has 2 nitrogen and oxygen atoms in total. The van der Waals surface area contributed by atoms with E-state index in [9.17, 15) is 0 Å². The summed E-state index contributed by atoms with van der Waals surface area (Å²) in [5, 5.41) is 2.08. The number of aryl methyl sites for hydroxylation is 2. The number of furan rings is 1. The first-order chi connectivity index (χ1) is 26.4. The van der Waals surface area contributed by atoms with Crippen LogP contribution >= 0.6 is 12.6 Å². The fourth-order valence-corrected chi connectivity index (χ4v) is 8.56. The zero-order valence-electron chi connectivity index (χ0n) is 30.9. The molecule has 0 fully saturated rings. The van der Waals surface area contributed by atoms with Gasteiger partial charge in [0.15, 0.2) is 0 Å². The lowest BCUT2D eigenvalue weighted by Crippen LogP contribution is -2.24. The van der Waals surface area contributed by atoms with Gasteiger partial charge in [0.25, 0.3) is 0 Å². The highest BCUT2D eigenvalue weighted by Gasteiger charge is 2.28. The quantitative estimate of drug-likeness (QED) is 0.179. The topological polar surface area (TPSA) is 16.4 Å². The van der Waals surface area contributed by atoms with Crippen molar-refractivity contribution in [3.63, 3.8) is 0 Å². The third kappa shape index (κ3) is 6.33. The first-order valence-electron chi connectivity index (χ1n) is 19.0. The molecule has 2 heterocycles. The third-order valence-corrected chi connectivity index (χ3v) is 11.3. The number of thiol groups is 1. The second-order valence-corrected chi connectivity index (χ2v) is 15.3. The Balaban J connectivity index is 1.38. The minimum Gasteiger partial charge on any atom is -0.457 e. The average Bonchev–Trinajstić information content (AvgIpc) is 3.53. The van der Waals surface area contributed by atoms with E-state index >= 15 is 0 Å². The highest BCUT2D eigenvalue weighted by atomic mass is 32.1. The van der Waals surface area contributed by atoms with Crippen LogP contribution in [0.4, 0.5) is 11.4 Å². The number of rotatable bonds is 5. The number of benzene rings is 6. The van der Waals surface area contributed by atoms with E-state index in [0.717, 1.165) is 50.7 Å². The molecule has 7 aromatic rings. The lowest BCUT2D eigenvalue weighted by atomic mass is 9.82. The summed E-state index contributed by atoms with van der Waals surface area (Å²) in [7, 11) is 0. The average molecular weight is 718 g/mol.